The van der Waals surface area contributed by atoms with Gasteiger partial charge in [0.2, 0.25) is 0 Å². The lowest BCUT2D eigenvalue weighted by atomic mass is 10.1. The minimum Gasteiger partial charge on any atom is -0.465 e. The third-order valence-corrected chi connectivity index (χ3v) is 2.08. The molecule has 6 heteroatoms. The van der Waals surface area contributed by atoms with E-state index in [9.17, 15) is 13.6 Å². The zero-order valence-corrected chi connectivity index (χ0v) is 8.59. The van der Waals surface area contributed by atoms with Gasteiger partial charge in [-0.1, -0.05) is 0 Å². The van der Waals surface area contributed by atoms with E-state index in [1.807, 2.05) is 0 Å². The van der Waals surface area contributed by atoms with Crippen molar-refractivity contribution in [1.29, 1.82) is 0 Å². The summed E-state index contributed by atoms with van der Waals surface area (Å²) in [6, 6.07) is 1.18. The van der Waals surface area contributed by atoms with Crippen LogP contribution in [0, 0.1) is 0 Å². The van der Waals surface area contributed by atoms with Gasteiger partial charge < -0.3 is 4.74 Å². The van der Waals surface area contributed by atoms with E-state index in [2.05, 4.69) is 9.72 Å². The number of esters is 1. The quantitative estimate of drug-likeness (QED) is 0.597. The molecule has 0 fully saturated rings. The number of ether oxygens (including phenoxy) is 1. The van der Waals surface area contributed by atoms with Gasteiger partial charge >= 0.3 is 5.97 Å². The number of aromatic nitrogens is 1. The number of alkyl halides is 3. The first-order chi connectivity index (χ1) is 7.11. The highest BCUT2D eigenvalue weighted by molar-refractivity contribution is 6.17. The van der Waals surface area contributed by atoms with Crippen molar-refractivity contribution in [1.82, 2.24) is 4.98 Å². The van der Waals surface area contributed by atoms with E-state index in [0.717, 1.165) is 7.11 Å². The Morgan fingerprint density at radius 1 is 1.67 bits per heavy atom. The highest BCUT2D eigenvalue weighted by Crippen LogP contribution is 2.26. The molecule has 0 saturated carbocycles. The Morgan fingerprint density at radius 2 is 2.33 bits per heavy atom. The van der Waals surface area contributed by atoms with E-state index in [-0.39, 0.29) is 17.1 Å². The van der Waals surface area contributed by atoms with E-state index in [1.54, 1.807) is 0 Å². The van der Waals surface area contributed by atoms with Crippen LogP contribution in [0.15, 0.2) is 12.3 Å². The van der Waals surface area contributed by atoms with Crippen LogP contribution >= 0.6 is 11.6 Å². The molecule has 0 aromatic carbocycles. The van der Waals surface area contributed by atoms with Crippen LogP contribution in [0.1, 0.15) is 28.0 Å². The van der Waals surface area contributed by atoms with Crippen LogP contribution in [0.4, 0.5) is 8.78 Å². The first-order valence-corrected chi connectivity index (χ1v) is 4.55. The average molecular weight is 236 g/mol. The normalized spacial score (nSPS) is 10.5. The molecule has 0 aliphatic heterocycles. The number of rotatable bonds is 3. The van der Waals surface area contributed by atoms with Gasteiger partial charge in [-0.05, 0) is 6.07 Å². The predicted octanol–water partition coefficient (Wildman–Crippen LogP) is 2.54. The molecular formula is C9H8ClF2NO2. The highest BCUT2D eigenvalue weighted by Gasteiger charge is 2.22. The SMILES string of the molecule is COC(=O)c1ccnc(CCl)c1C(F)F. The van der Waals surface area contributed by atoms with Gasteiger partial charge in [-0.15, -0.1) is 11.6 Å². The molecule has 15 heavy (non-hydrogen) atoms. The first-order valence-electron chi connectivity index (χ1n) is 4.02. The fraction of sp³-hybridized carbons (Fsp3) is 0.333. The maximum absolute atomic E-state index is 12.7. The third kappa shape index (κ3) is 2.41. The molecule has 1 rings (SSSR count). The summed E-state index contributed by atoms with van der Waals surface area (Å²) in [7, 11) is 1.12. The fourth-order valence-electron chi connectivity index (χ4n) is 1.15. The van der Waals surface area contributed by atoms with Gasteiger partial charge in [0.25, 0.3) is 6.43 Å². The Balaban J connectivity index is 3.31. The Bertz CT molecular complexity index is 371. The first kappa shape index (κ1) is 11.8. The lowest BCUT2D eigenvalue weighted by molar-refractivity contribution is 0.0588. The van der Waals surface area contributed by atoms with E-state index in [1.165, 1.54) is 12.3 Å². The van der Waals surface area contributed by atoms with Crippen LogP contribution in [0.25, 0.3) is 0 Å². The number of halogens is 3. The molecule has 0 spiro atoms. The van der Waals surface area contributed by atoms with Crippen molar-refractivity contribution < 1.29 is 18.3 Å². The second kappa shape index (κ2) is 5.02. The number of pyridine rings is 1. The van der Waals surface area contributed by atoms with E-state index < -0.39 is 18.0 Å². The highest BCUT2D eigenvalue weighted by atomic mass is 35.5. The maximum Gasteiger partial charge on any atom is 0.338 e. The van der Waals surface area contributed by atoms with Crippen molar-refractivity contribution >= 4 is 17.6 Å². The van der Waals surface area contributed by atoms with E-state index in [0.29, 0.717) is 0 Å². The molecule has 0 bridgehead atoms. The molecule has 0 radical (unpaired) electrons. The molecule has 0 atom stereocenters. The molecule has 1 aromatic rings. The average Bonchev–Trinajstić information content (AvgIpc) is 2.26. The molecule has 0 aliphatic rings. The summed E-state index contributed by atoms with van der Waals surface area (Å²) in [6.07, 6.45) is -1.56. The van der Waals surface area contributed by atoms with Crippen molar-refractivity contribution in [3.63, 3.8) is 0 Å². The number of carbonyl (C=O) groups excluding carboxylic acids is 1. The van der Waals surface area contributed by atoms with Crippen LogP contribution in [-0.4, -0.2) is 18.1 Å². The second-order valence-corrected chi connectivity index (χ2v) is 2.91. The molecule has 0 unspecified atom stereocenters. The van der Waals surface area contributed by atoms with Gasteiger partial charge in [-0.2, -0.15) is 0 Å². The number of hydrogen-bond acceptors (Lipinski definition) is 3. The van der Waals surface area contributed by atoms with Crippen molar-refractivity contribution in [2.45, 2.75) is 12.3 Å². The summed E-state index contributed by atoms with van der Waals surface area (Å²) in [5.41, 5.74) is -0.660. The van der Waals surface area contributed by atoms with E-state index >= 15 is 0 Å². The van der Waals surface area contributed by atoms with Crippen LogP contribution < -0.4 is 0 Å². The van der Waals surface area contributed by atoms with Crippen molar-refractivity contribution in [2.75, 3.05) is 7.11 Å². The Labute approximate surface area is 90.0 Å². The lowest BCUT2D eigenvalue weighted by Crippen LogP contribution is -2.09. The smallest absolute Gasteiger partial charge is 0.338 e. The summed E-state index contributed by atoms with van der Waals surface area (Å²) in [6.45, 7) is 0. The van der Waals surface area contributed by atoms with Gasteiger partial charge in [-0.3, -0.25) is 4.98 Å². The third-order valence-electron chi connectivity index (χ3n) is 1.82. The minimum atomic E-state index is -2.80. The Hall–Kier alpha value is -1.23. The van der Waals surface area contributed by atoms with Crippen molar-refractivity contribution in [2.24, 2.45) is 0 Å². The zero-order chi connectivity index (χ0) is 11.4. The Kier molecular flexibility index (Phi) is 3.96. The minimum absolute atomic E-state index is 0.00503. The van der Waals surface area contributed by atoms with Crippen molar-refractivity contribution in [3.8, 4) is 0 Å². The molecular weight excluding hydrogens is 228 g/mol. The van der Waals surface area contributed by atoms with E-state index in [4.69, 9.17) is 11.6 Å². The number of nitrogens with zero attached hydrogens (tertiary/aromatic N) is 1. The van der Waals surface area contributed by atoms with Crippen LogP contribution in [0.5, 0.6) is 0 Å². The topological polar surface area (TPSA) is 39.2 Å². The van der Waals surface area contributed by atoms with Crippen LogP contribution in [-0.2, 0) is 10.6 Å². The Morgan fingerprint density at radius 3 is 2.80 bits per heavy atom. The van der Waals surface area contributed by atoms with Gasteiger partial charge in [-0.25, -0.2) is 13.6 Å². The number of methoxy groups -OCH3 is 1. The standard InChI is InChI=1S/C9H8ClF2NO2/c1-15-9(14)5-2-3-13-6(4-10)7(5)8(11)12/h2-3,8H,4H2,1H3. The van der Waals surface area contributed by atoms with Crippen LogP contribution in [0.2, 0.25) is 0 Å². The monoisotopic (exact) mass is 235 g/mol. The van der Waals surface area contributed by atoms with Gasteiger partial charge in [0.1, 0.15) is 0 Å². The summed E-state index contributed by atoms with van der Waals surface area (Å²) in [5.74, 6) is -0.996. The molecule has 0 N–H and O–H groups in total. The molecule has 1 aromatic heterocycles. The zero-order valence-electron chi connectivity index (χ0n) is 7.84. The van der Waals surface area contributed by atoms with Crippen molar-refractivity contribution in [3.05, 3.63) is 29.1 Å². The fourth-order valence-corrected chi connectivity index (χ4v) is 1.37. The molecule has 1 heterocycles. The van der Waals surface area contributed by atoms with Crippen LogP contribution in [0.3, 0.4) is 0 Å². The summed E-state index contributed by atoms with van der Waals surface area (Å²) >= 11 is 5.45. The summed E-state index contributed by atoms with van der Waals surface area (Å²) in [5, 5.41) is 0. The maximum atomic E-state index is 12.7. The number of carbonyl (C=O) groups is 1. The lowest BCUT2D eigenvalue weighted by Gasteiger charge is -2.09. The second-order valence-electron chi connectivity index (χ2n) is 2.64. The number of hydrogen-bond donors (Lipinski definition) is 0. The summed E-state index contributed by atoms with van der Waals surface area (Å²) < 4.78 is 29.7. The molecule has 0 amide bonds. The summed E-state index contributed by atoms with van der Waals surface area (Å²) in [4.78, 5) is 14.9. The van der Waals surface area contributed by atoms with Gasteiger partial charge in [0, 0.05) is 6.20 Å². The predicted molar refractivity (Wildman–Crippen MR) is 50.1 cm³/mol. The molecule has 0 aliphatic carbocycles. The molecule has 82 valence electrons. The molecule has 0 saturated heterocycles. The van der Waals surface area contributed by atoms with Gasteiger partial charge in [0.15, 0.2) is 0 Å². The molecule has 3 nitrogen and oxygen atoms in total. The van der Waals surface area contributed by atoms with Gasteiger partial charge in [0.05, 0.1) is 29.8 Å². The largest absolute Gasteiger partial charge is 0.465 e.